The summed E-state index contributed by atoms with van der Waals surface area (Å²) in [7, 11) is 0. The largest absolute Gasteiger partial charge is 0.481 e. The van der Waals surface area contributed by atoms with E-state index in [2.05, 4.69) is 42.0 Å². The number of carboxylic acid groups (broad SMARTS) is 1. The number of hydrogen-bond acceptors (Lipinski definition) is 5. The molecule has 0 radical (unpaired) electrons. The molecule has 4 rings (SSSR count). The Morgan fingerprint density at radius 3 is 2.25 bits per heavy atom. The molecular formula is C32H48N4O4. The van der Waals surface area contributed by atoms with Crippen LogP contribution in [0, 0.1) is 11.8 Å². The smallest absolute Gasteiger partial charge is 0.300 e. The number of carbonyl (C=O) groups excluding carboxylic acids is 2. The second-order valence-electron chi connectivity index (χ2n) is 10.6. The fraction of sp³-hybridized carbons (Fsp3) is 0.562. The number of anilines is 1. The summed E-state index contributed by atoms with van der Waals surface area (Å²) in [5.41, 5.74) is 3.87. The number of amides is 2. The van der Waals surface area contributed by atoms with E-state index in [0.717, 1.165) is 63.4 Å². The molecule has 2 heterocycles. The van der Waals surface area contributed by atoms with Crippen molar-refractivity contribution in [2.24, 2.45) is 11.8 Å². The van der Waals surface area contributed by atoms with Crippen LogP contribution in [0.25, 0.3) is 0 Å². The van der Waals surface area contributed by atoms with Crippen LogP contribution in [0.4, 0.5) is 5.82 Å². The summed E-state index contributed by atoms with van der Waals surface area (Å²) in [4.78, 5) is 43.5. The van der Waals surface area contributed by atoms with Gasteiger partial charge in [-0.15, -0.1) is 0 Å². The minimum absolute atomic E-state index is 0.141. The number of carboxylic acids is 1. The van der Waals surface area contributed by atoms with Crippen LogP contribution in [0.3, 0.4) is 0 Å². The third-order valence-electron chi connectivity index (χ3n) is 7.59. The Morgan fingerprint density at radius 1 is 0.950 bits per heavy atom. The molecule has 1 saturated carbocycles. The molecule has 1 saturated heterocycles. The summed E-state index contributed by atoms with van der Waals surface area (Å²) in [6.45, 7) is 14.6. The number of allylic oxidation sites excluding steroid dienone is 5. The van der Waals surface area contributed by atoms with E-state index < -0.39 is 5.97 Å². The van der Waals surface area contributed by atoms with E-state index in [9.17, 15) is 9.59 Å². The summed E-state index contributed by atoms with van der Waals surface area (Å²) in [5.74, 6) is 1.18. The second-order valence-corrected chi connectivity index (χ2v) is 10.6. The molecule has 40 heavy (non-hydrogen) atoms. The predicted molar refractivity (Wildman–Crippen MR) is 161 cm³/mol. The molecular weight excluding hydrogens is 504 g/mol. The fourth-order valence-corrected chi connectivity index (χ4v) is 5.02. The van der Waals surface area contributed by atoms with Gasteiger partial charge in [0.15, 0.2) is 0 Å². The molecule has 2 fully saturated rings. The lowest BCUT2D eigenvalue weighted by Gasteiger charge is -2.37. The Kier molecular flexibility index (Phi) is 13.6. The molecule has 0 bridgehead atoms. The number of nitrogens with zero attached hydrogens (tertiary/aromatic N) is 3. The highest BCUT2D eigenvalue weighted by molar-refractivity contribution is 5.95. The maximum atomic E-state index is 13.0. The molecule has 3 aliphatic rings. The quantitative estimate of drug-likeness (QED) is 0.446. The van der Waals surface area contributed by atoms with E-state index in [-0.39, 0.29) is 11.8 Å². The summed E-state index contributed by atoms with van der Waals surface area (Å²) in [5, 5.41) is 10.4. The Labute approximate surface area is 240 Å². The third-order valence-corrected chi connectivity index (χ3v) is 7.59. The van der Waals surface area contributed by atoms with Gasteiger partial charge in [-0.25, -0.2) is 4.98 Å². The summed E-state index contributed by atoms with van der Waals surface area (Å²) < 4.78 is 0. The van der Waals surface area contributed by atoms with Crippen LogP contribution in [0.15, 0.2) is 53.4 Å². The molecule has 8 nitrogen and oxygen atoms in total. The van der Waals surface area contributed by atoms with Crippen LogP contribution in [0.1, 0.15) is 90.4 Å². The topological polar surface area (TPSA) is 103 Å². The van der Waals surface area contributed by atoms with Gasteiger partial charge in [-0.05, 0) is 62.8 Å². The summed E-state index contributed by atoms with van der Waals surface area (Å²) in [6, 6.07) is 3.75. The molecule has 1 unspecified atom stereocenters. The number of nitrogens with one attached hydrogen (secondary N) is 1. The van der Waals surface area contributed by atoms with Gasteiger partial charge in [0.1, 0.15) is 5.82 Å². The van der Waals surface area contributed by atoms with Gasteiger partial charge in [-0.1, -0.05) is 51.3 Å². The van der Waals surface area contributed by atoms with Crippen LogP contribution in [-0.2, 0) is 9.59 Å². The highest BCUT2D eigenvalue weighted by Gasteiger charge is 2.29. The van der Waals surface area contributed by atoms with Crippen molar-refractivity contribution in [1.82, 2.24) is 15.2 Å². The fourth-order valence-electron chi connectivity index (χ4n) is 5.02. The third kappa shape index (κ3) is 10.3. The lowest BCUT2D eigenvalue weighted by molar-refractivity contribution is -0.136. The van der Waals surface area contributed by atoms with Crippen LogP contribution in [-0.4, -0.2) is 59.0 Å². The standard InChI is InChI=1S/C28H38N4O2.C2H4O2.C2H6/c1-20-5-4-6-23(10-7-20)28(34)32-17-15-31(16-18-32)26-14-11-24(19-29-26)27(33)30-25-12-8-21(2)22(3)9-13-25;1-2(3)4;1-2/h8-9,11-12,14,19-20,23H,4-7,10,13,15-18H2,1-3H3,(H,30,33);1H3,(H,3,4);1-2H3/t20?,23-;;/m1../s1. The lowest BCUT2D eigenvalue weighted by Crippen LogP contribution is -2.50. The van der Waals surface area contributed by atoms with E-state index in [1.54, 1.807) is 6.20 Å². The number of piperazine rings is 1. The number of aromatic nitrogens is 1. The van der Waals surface area contributed by atoms with E-state index in [4.69, 9.17) is 9.90 Å². The van der Waals surface area contributed by atoms with Crippen molar-refractivity contribution in [3.63, 3.8) is 0 Å². The van der Waals surface area contributed by atoms with Crippen molar-refractivity contribution in [2.45, 2.75) is 80.1 Å². The average molecular weight is 553 g/mol. The highest BCUT2D eigenvalue weighted by atomic mass is 16.4. The lowest BCUT2D eigenvalue weighted by atomic mass is 9.97. The zero-order valence-corrected chi connectivity index (χ0v) is 25.2. The van der Waals surface area contributed by atoms with Gasteiger partial charge in [0.2, 0.25) is 5.91 Å². The Bertz CT molecular complexity index is 1080. The summed E-state index contributed by atoms with van der Waals surface area (Å²) >= 11 is 0. The first kappa shape index (κ1) is 32.8. The molecule has 2 N–H and O–H groups in total. The number of aliphatic carboxylic acids is 1. The second kappa shape index (κ2) is 16.6. The normalized spacial score (nSPS) is 21.0. The van der Waals surface area contributed by atoms with E-state index in [1.165, 1.54) is 30.4 Å². The maximum Gasteiger partial charge on any atom is 0.300 e. The molecule has 8 heteroatoms. The van der Waals surface area contributed by atoms with Gasteiger partial charge >= 0.3 is 0 Å². The molecule has 1 aromatic rings. The van der Waals surface area contributed by atoms with Crippen LogP contribution >= 0.6 is 0 Å². The van der Waals surface area contributed by atoms with Gasteiger partial charge in [-0.3, -0.25) is 14.4 Å². The molecule has 1 aliphatic heterocycles. The number of pyridine rings is 1. The van der Waals surface area contributed by atoms with Crippen molar-refractivity contribution in [3.8, 4) is 0 Å². The van der Waals surface area contributed by atoms with E-state index >= 15 is 0 Å². The predicted octanol–water partition coefficient (Wildman–Crippen LogP) is 5.97. The Hall–Kier alpha value is -3.42. The number of rotatable bonds is 4. The van der Waals surface area contributed by atoms with Gasteiger partial charge in [0.25, 0.3) is 11.9 Å². The van der Waals surface area contributed by atoms with Crippen molar-refractivity contribution in [1.29, 1.82) is 0 Å². The maximum absolute atomic E-state index is 13.0. The average Bonchev–Trinajstić information content (AvgIpc) is 3.27. The first-order valence-corrected chi connectivity index (χ1v) is 14.7. The number of carbonyl (C=O) groups is 3. The van der Waals surface area contributed by atoms with Crippen molar-refractivity contribution in [2.75, 3.05) is 31.1 Å². The Balaban J connectivity index is 0.000000858. The minimum Gasteiger partial charge on any atom is -0.481 e. The monoisotopic (exact) mass is 552 g/mol. The molecule has 0 spiro atoms. The van der Waals surface area contributed by atoms with Crippen molar-refractivity contribution in [3.05, 3.63) is 59.0 Å². The van der Waals surface area contributed by atoms with Gasteiger partial charge in [-0.2, -0.15) is 0 Å². The van der Waals surface area contributed by atoms with Crippen LogP contribution < -0.4 is 10.2 Å². The van der Waals surface area contributed by atoms with Gasteiger partial charge in [0, 0.05) is 57.3 Å². The first-order valence-electron chi connectivity index (χ1n) is 14.7. The van der Waals surface area contributed by atoms with Crippen molar-refractivity contribution < 1.29 is 19.5 Å². The molecule has 0 aromatic carbocycles. The van der Waals surface area contributed by atoms with E-state index in [1.807, 2.05) is 43.0 Å². The molecule has 2 amide bonds. The minimum atomic E-state index is -0.833. The molecule has 220 valence electrons. The molecule has 2 atom stereocenters. The van der Waals surface area contributed by atoms with Gasteiger partial charge < -0.3 is 20.2 Å². The summed E-state index contributed by atoms with van der Waals surface area (Å²) in [6.07, 6.45) is 14.2. The van der Waals surface area contributed by atoms with Crippen molar-refractivity contribution >= 4 is 23.6 Å². The molecule has 2 aliphatic carbocycles. The highest BCUT2D eigenvalue weighted by Crippen LogP contribution is 2.28. The number of hydrogen-bond donors (Lipinski definition) is 2. The van der Waals surface area contributed by atoms with E-state index in [0.29, 0.717) is 17.9 Å². The zero-order chi connectivity index (χ0) is 29.7. The zero-order valence-electron chi connectivity index (χ0n) is 25.2. The first-order chi connectivity index (χ1) is 19.1. The van der Waals surface area contributed by atoms with Crippen LogP contribution in [0.5, 0.6) is 0 Å². The molecule has 1 aromatic heterocycles. The van der Waals surface area contributed by atoms with Crippen LogP contribution in [0.2, 0.25) is 0 Å². The SMILES string of the molecule is CC.CC(=O)O.CC1=CC=C(NC(=O)c2ccc(N3CCN(C(=O)[C@@H]4CCCC(C)CC4)CC3)nc2)CC=C1C. The van der Waals surface area contributed by atoms with Gasteiger partial charge in [0.05, 0.1) is 5.56 Å². The Morgan fingerprint density at radius 2 is 1.62 bits per heavy atom.